The third kappa shape index (κ3) is 2.78. The zero-order valence-electron chi connectivity index (χ0n) is 9.33. The lowest BCUT2D eigenvalue weighted by atomic mass is 9.86. The van der Waals surface area contributed by atoms with Crippen molar-refractivity contribution < 1.29 is 12.3 Å². The van der Waals surface area contributed by atoms with Crippen LogP contribution in [0.1, 0.15) is 31.9 Å². The Labute approximate surface area is 90.3 Å². The van der Waals surface area contributed by atoms with Crippen LogP contribution >= 0.6 is 0 Å². The summed E-state index contributed by atoms with van der Waals surface area (Å²) in [5.41, 5.74) is 1.05. The van der Waals surface area contributed by atoms with E-state index in [1.165, 1.54) is 6.07 Å². The van der Waals surface area contributed by atoms with Gasteiger partial charge in [-0.1, -0.05) is 38.5 Å². The molecule has 1 rings (SSSR count). The van der Waals surface area contributed by atoms with Crippen molar-refractivity contribution in [2.45, 2.75) is 38.0 Å². The molecule has 0 saturated heterocycles. The van der Waals surface area contributed by atoms with E-state index in [9.17, 15) is 12.3 Å². The van der Waals surface area contributed by atoms with Gasteiger partial charge in [-0.05, 0) is 24.0 Å². The first-order valence-corrected chi connectivity index (χ1v) is 6.06. The van der Waals surface area contributed by atoms with E-state index in [0.717, 1.165) is 5.56 Å². The number of hydrogen-bond donors (Lipinski definition) is 0. The summed E-state index contributed by atoms with van der Waals surface area (Å²) < 4.78 is 34.9. The second-order valence-electron chi connectivity index (χ2n) is 4.69. The molecule has 1 aromatic carbocycles. The fourth-order valence-corrected chi connectivity index (χ4v) is 2.30. The van der Waals surface area contributed by atoms with E-state index in [0.29, 0.717) is 5.56 Å². The molecule has 1 aromatic rings. The third-order valence-electron chi connectivity index (χ3n) is 2.21. The van der Waals surface area contributed by atoms with Crippen LogP contribution in [0.5, 0.6) is 0 Å². The van der Waals surface area contributed by atoms with Crippen LogP contribution in [0.3, 0.4) is 0 Å². The maximum absolute atomic E-state index is 13.0. The van der Waals surface area contributed by atoms with E-state index < -0.39 is 10.2 Å². The molecule has 0 atom stereocenters. The van der Waals surface area contributed by atoms with Gasteiger partial charge in [-0.2, -0.15) is 8.42 Å². The summed E-state index contributed by atoms with van der Waals surface area (Å²) in [6.07, 6.45) is 0. The lowest BCUT2D eigenvalue weighted by molar-refractivity contribution is 0.535. The molecule has 0 unspecified atom stereocenters. The molecule has 0 heterocycles. The largest absolute Gasteiger partial charge is 0.332 e. The normalized spacial score (nSPS) is 12.9. The minimum Gasteiger partial charge on any atom is -0.189 e. The number of benzene rings is 1. The van der Waals surface area contributed by atoms with Gasteiger partial charge in [-0.25, -0.2) is 0 Å². The van der Waals surface area contributed by atoms with Crippen molar-refractivity contribution in [3.63, 3.8) is 0 Å². The van der Waals surface area contributed by atoms with Crippen LogP contribution in [-0.4, -0.2) is 8.42 Å². The second kappa shape index (κ2) is 3.59. The van der Waals surface area contributed by atoms with Gasteiger partial charge in [0, 0.05) is 0 Å². The number of rotatable bonds is 1. The molecular weight excluding hydrogens is 215 g/mol. The highest BCUT2D eigenvalue weighted by Crippen LogP contribution is 2.30. The van der Waals surface area contributed by atoms with Crippen LogP contribution in [-0.2, 0) is 15.6 Å². The average molecular weight is 230 g/mol. The first-order chi connectivity index (χ1) is 6.62. The maximum atomic E-state index is 13.0. The zero-order valence-corrected chi connectivity index (χ0v) is 10.2. The lowest BCUT2D eigenvalue weighted by Gasteiger charge is -2.21. The van der Waals surface area contributed by atoms with Crippen LogP contribution < -0.4 is 0 Å². The maximum Gasteiger partial charge on any atom is 0.332 e. The summed E-state index contributed by atoms with van der Waals surface area (Å²) in [7, 11) is -4.63. The summed E-state index contributed by atoms with van der Waals surface area (Å²) in [4.78, 5) is -0.222. The third-order valence-corrected chi connectivity index (χ3v) is 3.09. The number of hydrogen-bond acceptors (Lipinski definition) is 2. The van der Waals surface area contributed by atoms with E-state index >= 15 is 0 Å². The number of halogens is 1. The van der Waals surface area contributed by atoms with Crippen LogP contribution in [0, 0.1) is 6.92 Å². The van der Waals surface area contributed by atoms with E-state index in [-0.39, 0.29) is 10.3 Å². The fraction of sp³-hybridized carbons (Fsp3) is 0.455. The van der Waals surface area contributed by atoms with Gasteiger partial charge in [-0.15, -0.1) is 3.89 Å². The Morgan fingerprint density at radius 1 is 1.20 bits per heavy atom. The highest BCUT2D eigenvalue weighted by atomic mass is 32.3. The SMILES string of the molecule is Cc1ccc(S(=O)(=O)F)c(C(C)(C)C)c1. The van der Waals surface area contributed by atoms with Crippen molar-refractivity contribution >= 4 is 10.2 Å². The summed E-state index contributed by atoms with van der Waals surface area (Å²) >= 11 is 0. The summed E-state index contributed by atoms with van der Waals surface area (Å²) in [6.45, 7) is 7.42. The van der Waals surface area contributed by atoms with Crippen molar-refractivity contribution in [1.82, 2.24) is 0 Å². The molecule has 2 nitrogen and oxygen atoms in total. The molecule has 0 radical (unpaired) electrons. The van der Waals surface area contributed by atoms with Gasteiger partial charge in [0.2, 0.25) is 0 Å². The molecule has 0 N–H and O–H groups in total. The van der Waals surface area contributed by atoms with E-state index in [2.05, 4.69) is 0 Å². The molecule has 0 aliphatic carbocycles. The van der Waals surface area contributed by atoms with Gasteiger partial charge in [0.25, 0.3) is 0 Å². The van der Waals surface area contributed by atoms with Gasteiger partial charge < -0.3 is 0 Å². The highest BCUT2D eigenvalue weighted by molar-refractivity contribution is 7.86. The van der Waals surface area contributed by atoms with Crippen molar-refractivity contribution in [3.05, 3.63) is 29.3 Å². The standard InChI is InChI=1S/C11H15FO2S/c1-8-5-6-10(15(12,13)14)9(7-8)11(2,3)4/h5-7H,1-4H3. The fourth-order valence-electron chi connectivity index (χ4n) is 1.44. The number of aryl methyl sites for hydroxylation is 1. The van der Waals surface area contributed by atoms with Crippen molar-refractivity contribution in [3.8, 4) is 0 Å². The first-order valence-electron chi connectivity index (χ1n) is 4.68. The van der Waals surface area contributed by atoms with Gasteiger partial charge in [0.15, 0.2) is 0 Å². The van der Waals surface area contributed by atoms with Gasteiger partial charge in [0.05, 0.1) is 0 Å². The smallest absolute Gasteiger partial charge is 0.189 e. The Balaban J connectivity index is 3.55. The van der Waals surface area contributed by atoms with Crippen LogP contribution in [0.2, 0.25) is 0 Å². The molecule has 0 aliphatic heterocycles. The van der Waals surface area contributed by atoms with Crippen LogP contribution in [0.4, 0.5) is 3.89 Å². The van der Waals surface area contributed by atoms with E-state index in [1.807, 2.05) is 27.7 Å². The molecule has 0 bridgehead atoms. The van der Waals surface area contributed by atoms with Crippen molar-refractivity contribution in [2.75, 3.05) is 0 Å². The predicted molar refractivity (Wildman–Crippen MR) is 58.2 cm³/mol. The molecule has 0 aromatic heterocycles. The van der Waals surface area contributed by atoms with Gasteiger partial charge >= 0.3 is 10.2 Å². The molecule has 0 spiro atoms. The molecular formula is C11H15FO2S. The Morgan fingerprint density at radius 3 is 2.13 bits per heavy atom. The minimum atomic E-state index is -4.63. The summed E-state index contributed by atoms with van der Waals surface area (Å²) in [6, 6.07) is 4.64. The van der Waals surface area contributed by atoms with Crippen molar-refractivity contribution in [1.29, 1.82) is 0 Å². The van der Waals surface area contributed by atoms with E-state index in [1.54, 1.807) is 12.1 Å². The van der Waals surface area contributed by atoms with Crippen LogP contribution in [0.25, 0.3) is 0 Å². The Bertz CT molecular complexity index is 470. The average Bonchev–Trinajstić information content (AvgIpc) is 2.00. The molecule has 4 heteroatoms. The summed E-state index contributed by atoms with van der Waals surface area (Å²) in [5, 5.41) is 0. The Hall–Kier alpha value is -0.900. The Morgan fingerprint density at radius 2 is 1.73 bits per heavy atom. The topological polar surface area (TPSA) is 34.1 Å². The molecule has 84 valence electrons. The molecule has 0 saturated carbocycles. The van der Waals surface area contributed by atoms with Gasteiger partial charge in [0.1, 0.15) is 4.90 Å². The second-order valence-corrected chi connectivity index (χ2v) is 6.00. The predicted octanol–water partition coefficient (Wildman–Crippen LogP) is 2.95. The monoisotopic (exact) mass is 230 g/mol. The minimum absolute atomic E-state index is 0.222. The molecule has 15 heavy (non-hydrogen) atoms. The molecule has 0 fully saturated rings. The zero-order chi connectivity index (χ0) is 11.9. The van der Waals surface area contributed by atoms with E-state index in [4.69, 9.17) is 0 Å². The quantitative estimate of drug-likeness (QED) is 0.695. The molecule has 0 aliphatic rings. The first kappa shape index (κ1) is 12.2. The lowest BCUT2D eigenvalue weighted by Crippen LogP contribution is -2.15. The van der Waals surface area contributed by atoms with Crippen LogP contribution in [0.15, 0.2) is 23.1 Å². The molecule has 0 amide bonds. The summed E-state index contributed by atoms with van der Waals surface area (Å²) in [5.74, 6) is 0. The highest BCUT2D eigenvalue weighted by Gasteiger charge is 2.25. The van der Waals surface area contributed by atoms with Crippen molar-refractivity contribution in [2.24, 2.45) is 0 Å². The Kier molecular flexibility index (Phi) is 2.92. The van der Waals surface area contributed by atoms with Gasteiger partial charge in [-0.3, -0.25) is 0 Å².